The Kier molecular flexibility index (Phi) is 3.98. The molecule has 0 unspecified atom stereocenters. The summed E-state index contributed by atoms with van der Waals surface area (Å²) in [7, 11) is 0. The van der Waals surface area contributed by atoms with Crippen molar-refractivity contribution in [2.24, 2.45) is 0 Å². The SMILES string of the molecule is c1ccc2c(c1)OCCONNOc1ccccc1O2. The van der Waals surface area contributed by atoms with E-state index < -0.39 is 0 Å². The fourth-order valence-electron chi connectivity index (χ4n) is 1.74. The fourth-order valence-corrected chi connectivity index (χ4v) is 1.74. The van der Waals surface area contributed by atoms with E-state index in [0.29, 0.717) is 36.2 Å². The molecule has 3 rings (SSSR count). The molecule has 20 heavy (non-hydrogen) atoms. The molecule has 0 radical (unpaired) electrons. The van der Waals surface area contributed by atoms with Crippen molar-refractivity contribution in [3.8, 4) is 23.0 Å². The summed E-state index contributed by atoms with van der Waals surface area (Å²) in [4.78, 5) is 10.4. The zero-order valence-electron chi connectivity index (χ0n) is 10.7. The summed E-state index contributed by atoms with van der Waals surface area (Å²) in [5, 5.41) is 0. The van der Waals surface area contributed by atoms with E-state index in [2.05, 4.69) is 11.2 Å². The van der Waals surface area contributed by atoms with Gasteiger partial charge in [-0.05, 0) is 24.3 Å². The summed E-state index contributed by atoms with van der Waals surface area (Å²) in [5.74, 6) is 2.37. The van der Waals surface area contributed by atoms with Crippen LogP contribution in [0.1, 0.15) is 0 Å². The van der Waals surface area contributed by atoms with Crippen molar-refractivity contribution in [1.29, 1.82) is 0 Å². The number of benzene rings is 2. The van der Waals surface area contributed by atoms with Gasteiger partial charge in [0, 0.05) is 0 Å². The van der Waals surface area contributed by atoms with Crippen molar-refractivity contribution in [3.63, 3.8) is 0 Å². The van der Waals surface area contributed by atoms with Crippen molar-refractivity contribution in [1.82, 2.24) is 11.2 Å². The number of ether oxygens (including phenoxy) is 2. The number of rotatable bonds is 0. The molecule has 0 aromatic heterocycles. The van der Waals surface area contributed by atoms with E-state index >= 15 is 0 Å². The molecule has 0 spiro atoms. The molecule has 2 aromatic carbocycles. The molecule has 0 aliphatic carbocycles. The number of hydrogen-bond donors (Lipinski definition) is 2. The van der Waals surface area contributed by atoms with Gasteiger partial charge in [-0.1, -0.05) is 29.9 Å². The summed E-state index contributed by atoms with van der Waals surface area (Å²) >= 11 is 0. The third-order valence-corrected chi connectivity index (χ3v) is 2.64. The van der Waals surface area contributed by atoms with Crippen molar-refractivity contribution < 1.29 is 19.1 Å². The molecule has 2 N–H and O–H groups in total. The first kappa shape index (κ1) is 12.7. The van der Waals surface area contributed by atoms with E-state index in [1.807, 2.05) is 36.4 Å². The molecule has 0 atom stereocenters. The van der Waals surface area contributed by atoms with Gasteiger partial charge in [-0.15, -0.1) is 5.59 Å². The quantitative estimate of drug-likeness (QED) is 0.768. The standard InChI is InChI=1S/C14H14N2O4/c1-2-6-12-11(5-1)17-9-10-18-15-16-20-14-8-4-3-7-13(14)19-12/h1-8,15-16H,9-10H2. The first-order valence-corrected chi connectivity index (χ1v) is 6.21. The molecule has 0 bridgehead atoms. The van der Waals surface area contributed by atoms with Crippen molar-refractivity contribution in [2.75, 3.05) is 13.2 Å². The molecular weight excluding hydrogens is 260 g/mol. The Morgan fingerprint density at radius 2 is 1.35 bits per heavy atom. The van der Waals surface area contributed by atoms with Gasteiger partial charge in [0.2, 0.25) is 0 Å². The Hall–Kier alpha value is -2.28. The van der Waals surface area contributed by atoms with E-state index in [1.54, 1.807) is 12.1 Å². The Bertz CT molecular complexity index is 527. The van der Waals surface area contributed by atoms with Gasteiger partial charge in [-0.3, -0.25) is 4.84 Å². The molecule has 104 valence electrons. The van der Waals surface area contributed by atoms with Crippen molar-refractivity contribution in [2.45, 2.75) is 0 Å². The van der Waals surface area contributed by atoms with Crippen LogP contribution in [0.5, 0.6) is 23.0 Å². The average Bonchev–Trinajstić information content (AvgIpc) is 2.48. The Morgan fingerprint density at radius 1 is 0.700 bits per heavy atom. The highest BCUT2D eigenvalue weighted by molar-refractivity contribution is 5.47. The average molecular weight is 274 g/mol. The molecule has 0 fully saturated rings. The lowest BCUT2D eigenvalue weighted by molar-refractivity contribution is -0.0679. The second-order valence-electron chi connectivity index (χ2n) is 4.00. The predicted octanol–water partition coefficient (Wildman–Crippen LogP) is 2.19. The maximum Gasteiger partial charge on any atom is 0.191 e. The minimum Gasteiger partial charge on any atom is -0.487 e. The van der Waals surface area contributed by atoms with Crippen LogP contribution in [0.15, 0.2) is 48.5 Å². The van der Waals surface area contributed by atoms with E-state index in [9.17, 15) is 0 Å². The summed E-state index contributed by atoms with van der Waals surface area (Å²) < 4.78 is 11.5. The van der Waals surface area contributed by atoms with E-state index in [-0.39, 0.29) is 0 Å². The topological polar surface area (TPSA) is 61.0 Å². The lowest BCUT2D eigenvalue weighted by Gasteiger charge is -2.16. The van der Waals surface area contributed by atoms with Crippen LogP contribution in [0.2, 0.25) is 0 Å². The molecule has 0 saturated heterocycles. The summed E-state index contributed by atoms with van der Waals surface area (Å²) in [6.07, 6.45) is 0. The highest BCUT2D eigenvalue weighted by Gasteiger charge is 2.11. The minimum atomic E-state index is 0.354. The summed E-state index contributed by atoms with van der Waals surface area (Å²) in [6, 6.07) is 14.7. The third kappa shape index (κ3) is 3.00. The molecule has 6 heteroatoms. The Balaban J connectivity index is 1.93. The molecule has 2 aromatic rings. The van der Waals surface area contributed by atoms with Crippen LogP contribution in [0, 0.1) is 0 Å². The Morgan fingerprint density at radius 3 is 2.15 bits per heavy atom. The monoisotopic (exact) mass is 274 g/mol. The van der Waals surface area contributed by atoms with Crippen molar-refractivity contribution >= 4 is 0 Å². The normalized spacial score (nSPS) is 15.2. The van der Waals surface area contributed by atoms with Gasteiger partial charge in [0.1, 0.15) is 13.2 Å². The minimum absolute atomic E-state index is 0.354. The van der Waals surface area contributed by atoms with Gasteiger partial charge in [-0.2, -0.15) is 0 Å². The smallest absolute Gasteiger partial charge is 0.191 e. The maximum absolute atomic E-state index is 5.86. The highest BCUT2D eigenvalue weighted by atomic mass is 16.8. The first-order chi connectivity index (χ1) is 9.93. The lowest BCUT2D eigenvalue weighted by atomic mass is 10.3. The van der Waals surface area contributed by atoms with Gasteiger partial charge >= 0.3 is 0 Å². The zero-order valence-corrected chi connectivity index (χ0v) is 10.7. The van der Waals surface area contributed by atoms with E-state index in [0.717, 1.165) is 0 Å². The highest BCUT2D eigenvalue weighted by Crippen LogP contribution is 2.35. The number of fused-ring (bicyclic) bond motifs is 2. The number of para-hydroxylation sites is 4. The van der Waals surface area contributed by atoms with E-state index in [4.69, 9.17) is 19.1 Å². The largest absolute Gasteiger partial charge is 0.487 e. The van der Waals surface area contributed by atoms with Gasteiger partial charge in [0.25, 0.3) is 0 Å². The molecule has 1 heterocycles. The van der Waals surface area contributed by atoms with Crippen molar-refractivity contribution in [3.05, 3.63) is 48.5 Å². The molecule has 0 amide bonds. The first-order valence-electron chi connectivity index (χ1n) is 6.21. The van der Waals surface area contributed by atoms with Crippen LogP contribution in [0.4, 0.5) is 0 Å². The predicted molar refractivity (Wildman–Crippen MR) is 71.3 cm³/mol. The molecular formula is C14H14N2O4. The summed E-state index contributed by atoms with van der Waals surface area (Å²) in [6.45, 7) is 0.739. The number of nitrogens with one attached hydrogen (secondary N) is 2. The second kappa shape index (κ2) is 6.25. The third-order valence-electron chi connectivity index (χ3n) is 2.64. The van der Waals surface area contributed by atoms with Crippen LogP contribution < -0.4 is 25.5 Å². The lowest BCUT2D eigenvalue weighted by Crippen LogP contribution is -2.36. The van der Waals surface area contributed by atoms with Crippen LogP contribution >= 0.6 is 0 Å². The molecule has 0 saturated carbocycles. The van der Waals surface area contributed by atoms with Crippen LogP contribution in [0.25, 0.3) is 0 Å². The maximum atomic E-state index is 5.86. The van der Waals surface area contributed by atoms with Gasteiger partial charge in [0.15, 0.2) is 23.0 Å². The molecule has 1 aliphatic heterocycles. The van der Waals surface area contributed by atoms with Gasteiger partial charge < -0.3 is 14.3 Å². The molecule has 1 aliphatic rings. The van der Waals surface area contributed by atoms with Gasteiger partial charge in [-0.25, -0.2) is 0 Å². The van der Waals surface area contributed by atoms with Crippen LogP contribution in [-0.2, 0) is 4.84 Å². The van der Waals surface area contributed by atoms with Crippen LogP contribution in [-0.4, -0.2) is 13.2 Å². The van der Waals surface area contributed by atoms with Gasteiger partial charge in [0.05, 0.1) is 0 Å². The van der Waals surface area contributed by atoms with Crippen LogP contribution in [0.3, 0.4) is 0 Å². The summed E-state index contributed by atoms with van der Waals surface area (Å²) in [5.41, 5.74) is 4.94. The fraction of sp³-hybridized carbons (Fsp3) is 0.143. The Labute approximate surface area is 116 Å². The van der Waals surface area contributed by atoms with E-state index in [1.165, 1.54) is 0 Å². The second-order valence-corrected chi connectivity index (χ2v) is 4.00. The number of hydrazine groups is 1. The number of hydrogen-bond acceptors (Lipinski definition) is 6. The zero-order chi connectivity index (χ0) is 13.6. The molecule has 6 nitrogen and oxygen atoms in total.